The third kappa shape index (κ3) is 18.5. The molecule has 0 unspecified atom stereocenters. The largest absolute Gasteiger partial charge is 0.481 e. The second-order valence-electron chi connectivity index (χ2n) is 13.4. The number of aliphatic carboxylic acids is 1. The summed E-state index contributed by atoms with van der Waals surface area (Å²) >= 11 is 0. The number of benzene rings is 1. The number of hydrogen-bond acceptors (Lipinski definition) is 7. The van der Waals surface area contributed by atoms with Crippen LogP contribution in [0.2, 0.25) is 0 Å². The SMILES string of the molecule is CCCCCCCCCCCCCC[C@@H]1NC(=O)[C@@H](Cc2ccccc2)NC(=O)[C@H](CC(=O)O)NC(=O)CNC(=O)[C@H](CCCN=C(N)N)NC1=O. The Labute approximate surface area is 307 Å². The Morgan fingerprint density at radius 3 is 1.75 bits per heavy atom. The molecular formula is C37H60N8O7. The second-order valence-corrected chi connectivity index (χ2v) is 13.4. The van der Waals surface area contributed by atoms with Crippen LogP contribution in [0.25, 0.3) is 0 Å². The van der Waals surface area contributed by atoms with Gasteiger partial charge in [-0.05, 0) is 24.8 Å². The van der Waals surface area contributed by atoms with Gasteiger partial charge in [0.25, 0.3) is 0 Å². The highest BCUT2D eigenvalue weighted by Gasteiger charge is 2.33. The van der Waals surface area contributed by atoms with Crippen molar-refractivity contribution < 1.29 is 33.9 Å². The van der Waals surface area contributed by atoms with E-state index in [1.165, 1.54) is 44.9 Å². The maximum absolute atomic E-state index is 13.9. The summed E-state index contributed by atoms with van der Waals surface area (Å²) in [5, 5.41) is 22.4. The highest BCUT2D eigenvalue weighted by atomic mass is 16.4. The van der Waals surface area contributed by atoms with Gasteiger partial charge in [-0.3, -0.25) is 33.8 Å². The van der Waals surface area contributed by atoms with Gasteiger partial charge in [0.15, 0.2) is 5.96 Å². The predicted octanol–water partition coefficient (Wildman–Crippen LogP) is 1.92. The Bertz CT molecular complexity index is 1310. The summed E-state index contributed by atoms with van der Waals surface area (Å²) in [6.07, 6.45) is 13.5. The van der Waals surface area contributed by atoms with Crippen LogP contribution in [-0.4, -0.2) is 83.8 Å². The molecule has 1 aliphatic rings. The second kappa shape index (κ2) is 25.3. The maximum atomic E-state index is 13.9. The first kappa shape index (κ1) is 43.5. The smallest absolute Gasteiger partial charge is 0.305 e. The molecule has 0 aromatic heterocycles. The maximum Gasteiger partial charge on any atom is 0.305 e. The number of hydrogen-bond donors (Lipinski definition) is 8. The molecule has 15 heteroatoms. The van der Waals surface area contributed by atoms with E-state index in [2.05, 4.69) is 38.5 Å². The van der Waals surface area contributed by atoms with Crippen molar-refractivity contribution in [3.8, 4) is 0 Å². The standard InChI is InChI=1S/C37H60N8O7/c1-2-3-4-5-6-7-8-9-10-11-12-16-20-28-34(50)43-27(21-17-22-40-37(38)39)33(49)41-25-31(46)42-30(24-32(47)48)36(52)45-29(35(51)44-28)23-26-18-14-13-15-19-26/h13-15,18-19,27-30H,2-12,16-17,20-25H2,1H3,(H,41,49)(H,42,46)(H,43,50)(H,44,51)(H,45,52)(H,47,48)(H4,38,39,40)/t27-,28-,29+,30-/m0/s1. The Morgan fingerprint density at radius 2 is 1.17 bits per heavy atom. The number of carboxylic acid groups (broad SMARTS) is 1. The molecule has 1 aromatic rings. The third-order valence-corrected chi connectivity index (χ3v) is 8.93. The Hall–Kier alpha value is -4.69. The van der Waals surface area contributed by atoms with Gasteiger partial charge in [0.2, 0.25) is 29.5 Å². The van der Waals surface area contributed by atoms with Crippen molar-refractivity contribution in [3.63, 3.8) is 0 Å². The molecule has 4 atom stereocenters. The van der Waals surface area contributed by atoms with E-state index in [0.29, 0.717) is 18.4 Å². The number of aliphatic imine (C=N–C) groups is 1. The van der Waals surface area contributed by atoms with Crippen molar-refractivity contribution in [3.05, 3.63) is 35.9 Å². The van der Waals surface area contributed by atoms with E-state index in [1.807, 2.05) is 0 Å². The third-order valence-electron chi connectivity index (χ3n) is 8.93. The normalized spacial score (nSPS) is 20.3. The molecule has 1 saturated heterocycles. The fourth-order valence-corrected chi connectivity index (χ4v) is 6.03. The number of nitrogens with zero attached hydrogens (tertiary/aromatic N) is 1. The molecule has 5 amide bonds. The number of nitrogens with one attached hydrogen (secondary N) is 5. The van der Waals surface area contributed by atoms with Gasteiger partial charge in [0.1, 0.15) is 24.2 Å². The molecule has 1 aliphatic heterocycles. The van der Waals surface area contributed by atoms with E-state index >= 15 is 0 Å². The summed E-state index contributed by atoms with van der Waals surface area (Å²) in [6, 6.07) is 4.00. The fraction of sp³-hybridized carbons (Fsp3) is 0.649. The van der Waals surface area contributed by atoms with E-state index in [9.17, 15) is 33.9 Å². The van der Waals surface area contributed by atoms with Crippen LogP contribution in [0.3, 0.4) is 0 Å². The van der Waals surface area contributed by atoms with E-state index in [0.717, 1.165) is 25.7 Å². The first-order chi connectivity index (χ1) is 25.0. The van der Waals surface area contributed by atoms with Gasteiger partial charge in [-0.2, -0.15) is 0 Å². The lowest BCUT2D eigenvalue weighted by atomic mass is 10.0. The summed E-state index contributed by atoms with van der Waals surface area (Å²) < 4.78 is 0. The quantitative estimate of drug-likeness (QED) is 0.0523. The van der Waals surface area contributed by atoms with Crippen LogP contribution in [0.1, 0.15) is 115 Å². The summed E-state index contributed by atoms with van der Waals surface area (Å²) in [5.41, 5.74) is 11.5. The number of carbonyl (C=O) groups excluding carboxylic acids is 5. The number of nitrogens with two attached hydrogens (primary N) is 2. The number of guanidine groups is 1. The minimum Gasteiger partial charge on any atom is -0.481 e. The van der Waals surface area contributed by atoms with Gasteiger partial charge in [-0.1, -0.05) is 114 Å². The topological polar surface area (TPSA) is 247 Å². The lowest BCUT2D eigenvalue weighted by molar-refractivity contribution is -0.141. The first-order valence-corrected chi connectivity index (χ1v) is 18.8. The van der Waals surface area contributed by atoms with Crippen LogP contribution in [0.15, 0.2) is 35.3 Å². The molecule has 0 radical (unpaired) electrons. The van der Waals surface area contributed by atoms with E-state index in [-0.39, 0.29) is 31.8 Å². The van der Waals surface area contributed by atoms with Gasteiger partial charge in [0, 0.05) is 13.0 Å². The van der Waals surface area contributed by atoms with Crippen LogP contribution in [0.5, 0.6) is 0 Å². The number of rotatable bonds is 21. The zero-order valence-electron chi connectivity index (χ0n) is 30.6. The summed E-state index contributed by atoms with van der Waals surface area (Å²) in [7, 11) is 0. The molecule has 0 saturated carbocycles. The lowest BCUT2D eigenvalue weighted by Gasteiger charge is -2.26. The van der Waals surface area contributed by atoms with E-state index in [4.69, 9.17) is 11.5 Å². The van der Waals surface area contributed by atoms with Gasteiger partial charge in [-0.25, -0.2) is 0 Å². The molecule has 15 nitrogen and oxygen atoms in total. The average molecular weight is 729 g/mol. The summed E-state index contributed by atoms with van der Waals surface area (Å²) in [4.78, 5) is 82.6. The van der Waals surface area contributed by atoms with Crippen molar-refractivity contribution >= 4 is 41.5 Å². The molecule has 0 bridgehead atoms. The Morgan fingerprint density at radius 1 is 0.673 bits per heavy atom. The van der Waals surface area contributed by atoms with E-state index in [1.54, 1.807) is 30.3 Å². The highest BCUT2D eigenvalue weighted by Crippen LogP contribution is 2.14. The molecule has 2 rings (SSSR count). The lowest BCUT2D eigenvalue weighted by Crippen LogP contribution is -2.58. The minimum absolute atomic E-state index is 0.0343. The first-order valence-electron chi connectivity index (χ1n) is 18.8. The number of amides is 5. The van der Waals surface area contributed by atoms with Crippen LogP contribution >= 0.6 is 0 Å². The molecule has 0 aliphatic carbocycles. The molecule has 290 valence electrons. The minimum atomic E-state index is -1.54. The van der Waals surface area contributed by atoms with Crippen molar-refractivity contribution in [1.82, 2.24) is 26.6 Å². The Kier molecular flexibility index (Phi) is 21.1. The van der Waals surface area contributed by atoms with Crippen molar-refractivity contribution in [2.75, 3.05) is 13.1 Å². The average Bonchev–Trinajstić information content (AvgIpc) is 3.10. The molecule has 10 N–H and O–H groups in total. The van der Waals surface area contributed by atoms with Crippen LogP contribution in [-0.2, 0) is 35.2 Å². The van der Waals surface area contributed by atoms with E-state index < -0.39 is 72.6 Å². The molecule has 1 fully saturated rings. The molecule has 52 heavy (non-hydrogen) atoms. The van der Waals surface area contributed by atoms with Crippen LogP contribution < -0.4 is 38.1 Å². The Balaban J connectivity index is 2.26. The number of carboxylic acids is 1. The van der Waals surface area contributed by atoms with Gasteiger partial charge in [0.05, 0.1) is 13.0 Å². The van der Waals surface area contributed by atoms with Crippen LogP contribution in [0, 0.1) is 0 Å². The van der Waals surface area contributed by atoms with Crippen molar-refractivity contribution in [2.24, 2.45) is 16.5 Å². The highest BCUT2D eigenvalue weighted by molar-refractivity contribution is 5.98. The predicted molar refractivity (Wildman–Crippen MR) is 199 cm³/mol. The zero-order chi connectivity index (χ0) is 38.1. The number of carbonyl (C=O) groups is 6. The van der Waals surface area contributed by atoms with Crippen molar-refractivity contribution in [1.29, 1.82) is 0 Å². The molecule has 1 aromatic carbocycles. The fourth-order valence-electron chi connectivity index (χ4n) is 6.03. The van der Waals surface area contributed by atoms with Gasteiger partial charge in [-0.15, -0.1) is 0 Å². The summed E-state index contributed by atoms with van der Waals surface area (Å²) in [5.74, 6) is -5.14. The zero-order valence-corrected chi connectivity index (χ0v) is 30.6. The van der Waals surface area contributed by atoms with Crippen LogP contribution in [0.4, 0.5) is 0 Å². The number of unbranched alkanes of at least 4 members (excludes halogenated alkanes) is 11. The molecular weight excluding hydrogens is 668 g/mol. The van der Waals surface area contributed by atoms with Gasteiger partial charge < -0.3 is 43.2 Å². The van der Waals surface area contributed by atoms with Gasteiger partial charge >= 0.3 is 5.97 Å². The van der Waals surface area contributed by atoms with Crippen molar-refractivity contribution in [2.45, 2.75) is 140 Å². The molecule has 1 heterocycles. The summed E-state index contributed by atoms with van der Waals surface area (Å²) in [6.45, 7) is 1.81. The monoisotopic (exact) mass is 728 g/mol. The molecule has 0 spiro atoms.